The van der Waals surface area contributed by atoms with E-state index in [0.717, 1.165) is 29.0 Å². The summed E-state index contributed by atoms with van der Waals surface area (Å²) in [6.45, 7) is 11.0. The molecule has 4 nitrogen and oxygen atoms in total. The van der Waals surface area contributed by atoms with E-state index in [9.17, 15) is 4.79 Å². The normalized spacial score (nSPS) is 11.9. The van der Waals surface area contributed by atoms with Gasteiger partial charge in [0.25, 0.3) is 5.91 Å². The maximum absolute atomic E-state index is 12.3. The summed E-state index contributed by atoms with van der Waals surface area (Å²) in [7, 11) is 0. The highest BCUT2D eigenvalue weighted by Gasteiger charge is 2.17. The number of hydrogen-bond acceptors (Lipinski definition) is 3. The van der Waals surface area contributed by atoms with Crippen molar-refractivity contribution in [1.82, 2.24) is 5.32 Å². The number of amides is 1. The molecular formula is C23H31NO3. The highest BCUT2D eigenvalue weighted by Crippen LogP contribution is 2.28. The lowest BCUT2D eigenvalue weighted by Crippen LogP contribution is -2.38. The van der Waals surface area contributed by atoms with Crippen molar-refractivity contribution >= 4 is 5.91 Å². The van der Waals surface area contributed by atoms with Gasteiger partial charge in [0, 0.05) is 0 Å². The van der Waals surface area contributed by atoms with Gasteiger partial charge in [-0.2, -0.15) is 0 Å². The summed E-state index contributed by atoms with van der Waals surface area (Å²) in [5.74, 6) is 1.78. The van der Waals surface area contributed by atoms with Crippen LogP contribution in [0.15, 0.2) is 42.5 Å². The molecule has 27 heavy (non-hydrogen) atoms. The Labute approximate surface area is 162 Å². The summed E-state index contributed by atoms with van der Waals surface area (Å²) in [4.78, 5) is 12.3. The summed E-state index contributed by atoms with van der Waals surface area (Å²) in [5.41, 5.74) is 3.50. The molecule has 0 aliphatic carbocycles. The third-order valence-corrected chi connectivity index (χ3v) is 4.47. The van der Waals surface area contributed by atoms with Gasteiger partial charge in [0.15, 0.2) is 6.10 Å². The molecule has 0 saturated heterocycles. The van der Waals surface area contributed by atoms with Crippen molar-refractivity contribution in [3.63, 3.8) is 0 Å². The van der Waals surface area contributed by atoms with Crippen LogP contribution in [-0.2, 0) is 11.2 Å². The van der Waals surface area contributed by atoms with Crippen LogP contribution < -0.4 is 14.8 Å². The van der Waals surface area contributed by atoms with Crippen molar-refractivity contribution in [3.8, 4) is 11.5 Å². The lowest BCUT2D eigenvalue weighted by Gasteiger charge is -2.19. The van der Waals surface area contributed by atoms with Crippen molar-refractivity contribution in [3.05, 3.63) is 59.2 Å². The molecule has 1 atom stereocenters. The van der Waals surface area contributed by atoms with Crippen LogP contribution in [0.4, 0.5) is 0 Å². The predicted molar refractivity (Wildman–Crippen MR) is 110 cm³/mol. The Balaban J connectivity index is 1.81. The highest BCUT2D eigenvalue weighted by molar-refractivity contribution is 5.80. The lowest BCUT2D eigenvalue weighted by molar-refractivity contribution is -0.127. The van der Waals surface area contributed by atoms with Crippen molar-refractivity contribution in [1.29, 1.82) is 0 Å². The zero-order valence-corrected chi connectivity index (χ0v) is 17.0. The number of benzene rings is 2. The summed E-state index contributed by atoms with van der Waals surface area (Å²) < 4.78 is 11.6. The molecule has 0 heterocycles. The van der Waals surface area contributed by atoms with Crippen LogP contribution in [-0.4, -0.2) is 25.2 Å². The van der Waals surface area contributed by atoms with Crippen LogP contribution in [0.1, 0.15) is 50.3 Å². The molecule has 2 rings (SSSR count). The van der Waals surface area contributed by atoms with E-state index >= 15 is 0 Å². The molecule has 0 spiro atoms. The molecule has 1 N–H and O–H groups in total. The molecule has 0 aromatic heterocycles. The van der Waals surface area contributed by atoms with Gasteiger partial charge >= 0.3 is 0 Å². The van der Waals surface area contributed by atoms with Gasteiger partial charge in [-0.25, -0.2) is 0 Å². The number of rotatable bonds is 9. The van der Waals surface area contributed by atoms with E-state index in [4.69, 9.17) is 9.47 Å². The van der Waals surface area contributed by atoms with Crippen LogP contribution in [0.2, 0.25) is 0 Å². The minimum Gasteiger partial charge on any atom is -0.492 e. The summed E-state index contributed by atoms with van der Waals surface area (Å²) in [6.07, 6.45) is 0.446. The molecule has 0 radical (unpaired) electrons. The van der Waals surface area contributed by atoms with Gasteiger partial charge in [0.2, 0.25) is 0 Å². The Kier molecular flexibility index (Phi) is 7.71. The monoisotopic (exact) mass is 369 g/mol. The second-order valence-corrected chi connectivity index (χ2v) is 7.09. The van der Waals surface area contributed by atoms with Gasteiger partial charge in [-0.1, -0.05) is 45.0 Å². The van der Waals surface area contributed by atoms with E-state index in [-0.39, 0.29) is 5.91 Å². The number of ether oxygens (including phenoxy) is 2. The molecule has 146 valence electrons. The third kappa shape index (κ3) is 6.31. The molecule has 4 heteroatoms. The summed E-state index contributed by atoms with van der Waals surface area (Å²) in [6, 6.07) is 14.1. The summed E-state index contributed by atoms with van der Waals surface area (Å²) in [5, 5.41) is 2.87. The lowest BCUT2D eigenvalue weighted by atomic mass is 10.0. The summed E-state index contributed by atoms with van der Waals surface area (Å²) >= 11 is 0. The quantitative estimate of drug-likeness (QED) is 0.655. The van der Waals surface area contributed by atoms with E-state index in [2.05, 4.69) is 50.4 Å². The molecular weight excluding hydrogens is 338 g/mol. The van der Waals surface area contributed by atoms with Crippen molar-refractivity contribution < 1.29 is 14.3 Å². The Morgan fingerprint density at radius 3 is 2.41 bits per heavy atom. The molecule has 1 amide bonds. The number of nitrogens with one attached hydrogen (secondary N) is 1. The Bertz CT molecular complexity index is 738. The van der Waals surface area contributed by atoms with Crippen LogP contribution >= 0.6 is 0 Å². The first-order valence-corrected chi connectivity index (χ1v) is 9.67. The first-order chi connectivity index (χ1) is 12.9. The minimum absolute atomic E-state index is 0.142. The standard InChI is InChI=1S/C23H31NO3/c1-6-19-8-10-20(11-9-19)26-14-13-24-23(25)18(5)27-22-15-17(4)7-12-21(22)16(2)3/h7-12,15-16,18H,6,13-14H2,1-5H3,(H,24,25)/t18-/m1/s1. The van der Waals surface area contributed by atoms with Crippen molar-refractivity contribution in [2.45, 2.75) is 53.1 Å². The van der Waals surface area contributed by atoms with Crippen LogP contribution in [0, 0.1) is 6.92 Å². The van der Waals surface area contributed by atoms with Gasteiger partial charge in [-0.15, -0.1) is 0 Å². The van der Waals surface area contributed by atoms with E-state index in [0.29, 0.717) is 19.1 Å². The number of carbonyl (C=O) groups is 1. The Hall–Kier alpha value is -2.49. The molecule has 2 aromatic rings. The first-order valence-electron chi connectivity index (χ1n) is 9.67. The number of aryl methyl sites for hydroxylation is 2. The fourth-order valence-electron chi connectivity index (χ4n) is 2.77. The van der Waals surface area contributed by atoms with Crippen LogP contribution in [0.3, 0.4) is 0 Å². The van der Waals surface area contributed by atoms with E-state index in [1.54, 1.807) is 6.92 Å². The second-order valence-electron chi connectivity index (χ2n) is 7.09. The van der Waals surface area contributed by atoms with Crippen LogP contribution in [0.5, 0.6) is 11.5 Å². The molecule has 0 aliphatic rings. The maximum Gasteiger partial charge on any atom is 0.260 e. The Morgan fingerprint density at radius 1 is 1.07 bits per heavy atom. The van der Waals surface area contributed by atoms with Gasteiger partial charge in [0.05, 0.1) is 6.54 Å². The van der Waals surface area contributed by atoms with Gasteiger partial charge in [-0.05, 0) is 61.1 Å². The molecule has 2 aromatic carbocycles. The third-order valence-electron chi connectivity index (χ3n) is 4.47. The number of carbonyl (C=O) groups excluding carboxylic acids is 1. The zero-order chi connectivity index (χ0) is 19.8. The van der Waals surface area contributed by atoms with E-state index in [1.807, 2.05) is 25.1 Å². The molecule has 0 unspecified atom stereocenters. The fourth-order valence-corrected chi connectivity index (χ4v) is 2.77. The average molecular weight is 370 g/mol. The number of hydrogen-bond donors (Lipinski definition) is 1. The molecule has 0 bridgehead atoms. The zero-order valence-electron chi connectivity index (χ0n) is 17.0. The van der Waals surface area contributed by atoms with Gasteiger partial charge in [-0.3, -0.25) is 4.79 Å². The molecule has 0 aliphatic heterocycles. The van der Waals surface area contributed by atoms with Crippen molar-refractivity contribution in [2.24, 2.45) is 0 Å². The smallest absolute Gasteiger partial charge is 0.260 e. The average Bonchev–Trinajstić information content (AvgIpc) is 2.65. The first kappa shape index (κ1) is 20.8. The maximum atomic E-state index is 12.3. The fraction of sp³-hybridized carbons (Fsp3) is 0.435. The largest absolute Gasteiger partial charge is 0.492 e. The predicted octanol–water partition coefficient (Wildman–Crippen LogP) is 4.64. The van der Waals surface area contributed by atoms with Crippen LogP contribution in [0.25, 0.3) is 0 Å². The minimum atomic E-state index is -0.562. The Morgan fingerprint density at radius 2 is 1.78 bits per heavy atom. The van der Waals surface area contributed by atoms with Crippen molar-refractivity contribution in [2.75, 3.05) is 13.2 Å². The topological polar surface area (TPSA) is 47.6 Å². The molecule has 0 fully saturated rings. The van der Waals surface area contributed by atoms with Gasteiger partial charge < -0.3 is 14.8 Å². The SMILES string of the molecule is CCc1ccc(OCCNC(=O)[C@@H](C)Oc2cc(C)ccc2C(C)C)cc1. The molecule has 0 saturated carbocycles. The van der Waals surface area contributed by atoms with E-state index in [1.165, 1.54) is 5.56 Å². The highest BCUT2D eigenvalue weighted by atomic mass is 16.5. The second kappa shape index (κ2) is 10.0. The van der Waals surface area contributed by atoms with Gasteiger partial charge in [0.1, 0.15) is 18.1 Å². The van der Waals surface area contributed by atoms with E-state index < -0.39 is 6.10 Å².